The minimum Gasteiger partial charge on any atom is -0.466 e. The van der Waals surface area contributed by atoms with Gasteiger partial charge in [-0.1, -0.05) is 32.4 Å². The number of hydrogen-bond donors (Lipinski definition) is 0. The smallest absolute Gasteiger partial charge is 0.357 e. The second kappa shape index (κ2) is 3.86. The van der Waals surface area contributed by atoms with E-state index in [1.54, 1.807) is 0 Å². The van der Waals surface area contributed by atoms with Crippen LogP contribution < -0.4 is 0 Å². The molecule has 1 saturated carbocycles. The number of esters is 1. The average molecular weight is 261 g/mol. The lowest BCUT2D eigenvalue weighted by Crippen LogP contribution is -2.36. The molecular formula is C13H21ClO3. The van der Waals surface area contributed by atoms with E-state index in [0.29, 0.717) is 11.3 Å². The van der Waals surface area contributed by atoms with Gasteiger partial charge in [0.05, 0.1) is 7.11 Å². The molecule has 2 aliphatic rings. The number of methoxy groups -OCH3 is 1. The zero-order chi connectivity index (χ0) is 12.9. The van der Waals surface area contributed by atoms with Crippen molar-refractivity contribution in [3.8, 4) is 0 Å². The van der Waals surface area contributed by atoms with Crippen molar-refractivity contribution in [2.24, 2.45) is 11.3 Å². The van der Waals surface area contributed by atoms with E-state index in [1.165, 1.54) is 7.11 Å². The molecule has 1 spiro atoms. The van der Waals surface area contributed by atoms with E-state index >= 15 is 0 Å². The summed E-state index contributed by atoms with van der Waals surface area (Å²) in [5, 5.41) is -1.20. The molecule has 4 heteroatoms. The monoisotopic (exact) mass is 260 g/mol. The van der Waals surface area contributed by atoms with E-state index in [2.05, 4.69) is 20.8 Å². The number of ether oxygens (including phenoxy) is 2. The Hall–Kier alpha value is -0.280. The van der Waals surface area contributed by atoms with Gasteiger partial charge in [-0.15, -0.1) is 0 Å². The predicted molar refractivity (Wildman–Crippen MR) is 65.8 cm³/mol. The van der Waals surface area contributed by atoms with Gasteiger partial charge in [0.15, 0.2) is 0 Å². The van der Waals surface area contributed by atoms with Crippen LogP contribution in [0.5, 0.6) is 0 Å². The SMILES string of the molecule is COC(=O)C1(Cl)OC12CCC(C(C)(C)C)CC2. The zero-order valence-corrected chi connectivity index (χ0v) is 11.8. The summed E-state index contributed by atoms with van der Waals surface area (Å²) in [5.41, 5.74) is -0.139. The fourth-order valence-electron chi connectivity index (χ4n) is 2.98. The Morgan fingerprint density at radius 2 is 1.88 bits per heavy atom. The molecule has 0 aromatic rings. The molecule has 0 amide bonds. The summed E-state index contributed by atoms with van der Waals surface area (Å²) in [7, 11) is 1.35. The molecule has 1 aliphatic carbocycles. The van der Waals surface area contributed by atoms with Crippen molar-refractivity contribution in [1.29, 1.82) is 0 Å². The van der Waals surface area contributed by atoms with E-state index in [1.807, 2.05) is 0 Å². The van der Waals surface area contributed by atoms with Crippen LogP contribution in [0.1, 0.15) is 46.5 Å². The molecule has 98 valence electrons. The van der Waals surface area contributed by atoms with Crippen LogP contribution in [0.3, 0.4) is 0 Å². The lowest BCUT2D eigenvalue weighted by Gasteiger charge is -2.36. The summed E-state index contributed by atoms with van der Waals surface area (Å²) in [6.07, 6.45) is 3.84. The standard InChI is InChI=1S/C13H21ClO3/c1-11(2,3)9-5-7-12(8-6-9)13(14,17-12)10(15)16-4/h9H,5-8H2,1-4H3. The van der Waals surface area contributed by atoms with Gasteiger partial charge >= 0.3 is 5.97 Å². The van der Waals surface area contributed by atoms with Gasteiger partial charge in [0.2, 0.25) is 0 Å². The molecule has 0 aromatic carbocycles. The third-order valence-electron chi connectivity index (χ3n) is 4.35. The van der Waals surface area contributed by atoms with E-state index in [-0.39, 0.29) is 0 Å². The van der Waals surface area contributed by atoms with Crippen molar-refractivity contribution in [1.82, 2.24) is 0 Å². The van der Waals surface area contributed by atoms with E-state index in [4.69, 9.17) is 21.1 Å². The molecule has 1 unspecified atom stereocenters. The zero-order valence-electron chi connectivity index (χ0n) is 11.0. The van der Waals surface area contributed by atoms with Crippen LogP contribution in [-0.2, 0) is 14.3 Å². The normalized spacial score (nSPS) is 41.4. The summed E-state index contributed by atoms with van der Waals surface area (Å²) in [4.78, 5) is 11.6. The Morgan fingerprint density at radius 3 is 2.29 bits per heavy atom. The molecule has 1 heterocycles. The third-order valence-corrected chi connectivity index (χ3v) is 4.92. The minimum absolute atomic E-state index is 0.316. The first kappa shape index (κ1) is 13.2. The van der Waals surface area contributed by atoms with Crippen LogP contribution in [0.15, 0.2) is 0 Å². The second-order valence-corrected chi connectivity index (χ2v) is 6.86. The Kier molecular flexibility index (Phi) is 2.98. The first-order valence-electron chi connectivity index (χ1n) is 6.23. The second-order valence-electron chi connectivity index (χ2n) is 6.32. The highest BCUT2D eigenvalue weighted by atomic mass is 35.5. The van der Waals surface area contributed by atoms with E-state index in [9.17, 15) is 4.79 Å². The van der Waals surface area contributed by atoms with Crippen molar-refractivity contribution in [2.45, 2.75) is 57.1 Å². The van der Waals surface area contributed by atoms with Crippen LogP contribution in [0.2, 0.25) is 0 Å². The summed E-state index contributed by atoms with van der Waals surface area (Å²) < 4.78 is 10.2. The maximum absolute atomic E-state index is 11.6. The third kappa shape index (κ3) is 1.97. The van der Waals surface area contributed by atoms with Gasteiger partial charge in [0.1, 0.15) is 5.60 Å². The fourth-order valence-corrected chi connectivity index (χ4v) is 3.39. The van der Waals surface area contributed by atoms with E-state index < -0.39 is 16.6 Å². The van der Waals surface area contributed by atoms with Crippen molar-refractivity contribution in [3.05, 3.63) is 0 Å². The molecule has 3 nitrogen and oxygen atoms in total. The maximum atomic E-state index is 11.6. The molecule has 1 saturated heterocycles. The Bertz CT molecular complexity index is 326. The van der Waals surface area contributed by atoms with Crippen LogP contribution in [0.25, 0.3) is 0 Å². The number of epoxide rings is 1. The number of carbonyl (C=O) groups excluding carboxylic acids is 1. The maximum Gasteiger partial charge on any atom is 0.357 e. The highest BCUT2D eigenvalue weighted by Crippen LogP contribution is 2.61. The fraction of sp³-hybridized carbons (Fsp3) is 0.923. The number of hydrogen-bond acceptors (Lipinski definition) is 3. The van der Waals surface area contributed by atoms with Gasteiger partial charge in [-0.25, -0.2) is 4.79 Å². The Labute approximate surface area is 108 Å². The molecule has 1 atom stereocenters. The van der Waals surface area contributed by atoms with Crippen LogP contribution in [-0.4, -0.2) is 23.7 Å². The molecule has 0 radical (unpaired) electrons. The van der Waals surface area contributed by atoms with Crippen LogP contribution in [0, 0.1) is 11.3 Å². The molecular weight excluding hydrogens is 240 g/mol. The first-order chi connectivity index (χ1) is 7.75. The van der Waals surface area contributed by atoms with Gasteiger partial charge in [-0.05, 0) is 37.0 Å². The average Bonchev–Trinajstić information content (AvgIpc) is 2.83. The highest BCUT2D eigenvalue weighted by molar-refractivity contribution is 6.36. The van der Waals surface area contributed by atoms with Gasteiger partial charge < -0.3 is 9.47 Å². The lowest BCUT2D eigenvalue weighted by molar-refractivity contribution is -0.143. The predicted octanol–water partition coefficient (Wildman–Crippen LogP) is 3.10. The molecule has 0 bridgehead atoms. The number of alkyl halides is 1. The topological polar surface area (TPSA) is 38.8 Å². The summed E-state index contributed by atoms with van der Waals surface area (Å²) >= 11 is 6.20. The Morgan fingerprint density at radius 1 is 1.35 bits per heavy atom. The highest BCUT2D eigenvalue weighted by Gasteiger charge is 2.75. The molecule has 2 fully saturated rings. The number of halogens is 1. The van der Waals surface area contributed by atoms with Crippen molar-refractivity contribution in [3.63, 3.8) is 0 Å². The summed E-state index contributed by atoms with van der Waals surface area (Å²) in [5.74, 6) is 0.226. The lowest BCUT2D eigenvalue weighted by atomic mass is 9.69. The van der Waals surface area contributed by atoms with Gasteiger partial charge in [0.25, 0.3) is 5.06 Å². The molecule has 17 heavy (non-hydrogen) atoms. The largest absolute Gasteiger partial charge is 0.466 e. The van der Waals surface area contributed by atoms with Gasteiger partial charge in [-0.3, -0.25) is 0 Å². The molecule has 2 rings (SSSR count). The molecule has 0 aromatic heterocycles. The number of carbonyl (C=O) groups is 1. The quantitative estimate of drug-likeness (QED) is 0.413. The Balaban J connectivity index is 2.00. The van der Waals surface area contributed by atoms with Gasteiger partial charge in [0, 0.05) is 0 Å². The molecule has 0 N–H and O–H groups in total. The number of rotatable bonds is 1. The minimum atomic E-state index is -1.20. The summed E-state index contributed by atoms with van der Waals surface area (Å²) in [6, 6.07) is 0. The van der Waals surface area contributed by atoms with E-state index in [0.717, 1.165) is 25.7 Å². The van der Waals surface area contributed by atoms with Crippen LogP contribution >= 0.6 is 11.6 Å². The van der Waals surface area contributed by atoms with Crippen molar-refractivity contribution in [2.75, 3.05) is 7.11 Å². The van der Waals surface area contributed by atoms with Crippen molar-refractivity contribution < 1.29 is 14.3 Å². The van der Waals surface area contributed by atoms with Gasteiger partial charge in [-0.2, -0.15) is 0 Å². The first-order valence-corrected chi connectivity index (χ1v) is 6.60. The summed E-state index contributed by atoms with van der Waals surface area (Å²) in [6.45, 7) is 6.78. The molecule has 1 aliphatic heterocycles. The van der Waals surface area contributed by atoms with Crippen molar-refractivity contribution >= 4 is 17.6 Å². The van der Waals surface area contributed by atoms with Crippen LogP contribution in [0.4, 0.5) is 0 Å².